The van der Waals surface area contributed by atoms with Crippen LogP contribution >= 0.6 is 11.8 Å². The second-order valence-electron chi connectivity index (χ2n) is 7.57. The minimum absolute atomic E-state index is 0.217. The molecule has 2 atom stereocenters. The van der Waals surface area contributed by atoms with Crippen LogP contribution in [-0.2, 0) is 9.53 Å². The highest BCUT2D eigenvalue weighted by atomic mass is 32.2. The van der Waals surface area contributed by atoms with Crippen molar-refractivity contribution in [1.29, 1.82) is 0 Å². The molecule has 1 saturated heterocycles. The van der Waals surface area contributed by atoms with E-state index in [1.165, 1.54) is 0 Å². The van der Waals surface area contributed by atoms with Gasteiger partial charge in [-0.1, -0.05) is 44.2 Å². The molecule has 2 aromatic carbocycles. The first-order valence-corrected chi connectivity index (χ1v) is 11.1. The highest BCUT2D eigenvalue weighted by Gasteiger charge is 2.43. The molecule has 1 aliphatic rings. The van der Waals surface area contributed by atoms with Crippen molar-refractivity contribution >= 4 is 29.4 Å². The molecule has 2 unspecified atom stereocenters. The molecule has 31 heavy (non-hydrogen) atoms. The Balaban J connectivity index is 1.87. The minimum atomic E-state index is -0.679. The van der Waals surface area contributed by atoms with E-state index in [2.05, 4.69) is 5.32 Å². The average Bonchev–Trinajstić information content (AvgIpc) is 3.23. The van der Waals surface area contributed by atoms with Crippen LogP contribution in [0.25, 0.3) is 0 Å². The summed E-state index contributed by atoms with van der Waals surface area (Å²) in [6.45, 7) is 4.27. The smallest absolute Gasteiger partial charge is 0.329 e. The first-order valence-electron chi connectivity index (χ1n) is 10.1. The van der Waals surface area contributed by atoms with E-state index in [-0.39, 0.29) is 17.3 Å². The lowest BCUT2D eigenvalue weighted by Gasteiger charge is -2.29. The van der Waals surface area contributed by atoms with Crippen LogP contribution in [0.15, 0.2) is 48.5 Å². The van der Waals surface area contributed by atoms with Crippen molar-refractivity contribution in [2.75, 3.05) is 31.9 Å². The lowest BCUT2D eigenvalue weighted by Crippen LogP contribution is -2.46. The van der Waals surface area contributed by atoms with Crippen LogP contribution in [-0.4, -0.2) is 49.5 Å². The van der Waals surface area contributed by atoms with Gasteiger partial charge in [0.05, 0.1) is 20.8 Å². The molecule has 0 spiro atoms. The maximum absolute atomic E-state index is 13.4. The van der Waals surface area contributed by atoms with E-state index in [9.17, 15) is 9.59 Å². The van der Waals surface area contributed by atoms with Crippen LogP contribution < -0.4 is 14.8 Å². The Labute approximate surface area is 187 Å². The van der Waals surface area contributed by atoms with Gasteiger partial charge in [0.2, 0.25) is 0 Å². The van der Waals surface area contributed by atoms with Crippen molar-refractivity contribution in [3.63, 3.8) is 0 Å². The summed E-state index contributed by atoms with van der Waals surface area (Å²) < 4.78 is 16.0. The molecule has 1 heterocycles. The van der Waals surface area contributed by atoms with Crippen molar-refractivity contribution < 1.29 is 23.8 Å². The monoisotopic (exact) mass is 444 g/mol. The second-order valence-corrected chi connectivity index (χ2v) is 8.69. The summed E-state index contributed by atoms with van der Waals surface area (Å²) in [6.07, 6.45) is 0. The van der Waals surface area contributed by atoms with E-state index in [1.54, 1.807) is 49.1 Å². The van der Waals surface area contributed by atoms with Gasteiger partial charge in [-0.3, -0.25) is 4.90 Å². The van der Waals surface area contributed by atoms with Crippen LogP contribution in [0.4, 0.5) is 10.5 Å². The highest BCUT2D eigenvalue weighted by molar-refractivity contribution is 7.99. The molecular weight excluding hydrogens is 416 g/mol. The van der Waals surface area contributed by atoms with E-state index in [1.807, 2.05) is 44.2 Å². The van der Waals surface area contributed by atoms with Gasteiger partial charge >= 0.3 is 12.0 Å². The van der Waals surface area contributed by atoms with Gasteiger partial charge < -0.3 is 19.5 Å². The molecule has 8 heteroatoms. The number of hydrogen-bond donors (Lipinski definition) is 1. The Kier molecular flexibility index (Phi) is 7.68. The predicted molar refractivity (Wildman–Crippen MR) is 122 cm³/mol. The van der Waals surface area contributed by atoms with Gasteiger partial charge in [0.1, 0.15) is 22.9 Å². The van der Waals surface area contributed by atoms with Crippen molar-refractivity contribution in [3.05, 3.63) is 54.1 Å². The Morgan fingerprint density at radius 2 is 1.74 bits per heavy atom. The highest BCUT2D eigenvalue weighted by Crippen LogP contribution is 2.42. The molecule has 0 radical (unpaired) electrons. The summed E-state index contributed by atoms with van der Waals surface area (Å²) in [7, 11) is 3.09. The van der Waals surface area contributed by atoms with Crippen LogP contribution in [0.3, 0.4) is 0 Å². The predicted octanol–water partition coefficient (Wildman–Crippen LogP) is 4.55. The number of amides is 2. The number of nitrogens with one attached hydrogen (secondary N) is 1. The molecule has 1 fully saturated rings. The van der Waals surface area contributed by atoms with E-state index in [0.717, 1.165) is 5.56 Å². The standard InChI is InChI=1S/C23H28N2O5S/c1-15(2)13-30-22(26)20-14-31-21(16-8-6-5-7-9-16)25(20)23(27)24-17-10-18(28-3)12-19(11-17)29-4/h5-12,15,20-21H,13-14H2,1-4H3,(H,24,27). The first-order chi connectivity index (χ1) is 14.9. The minimum Gasteiger partial charge on any atom is -0.497 e. The topological polar surface area (TPSA) is 77.1 Å². The summed E-state index contributed by atoms with van der Waals surface area (Å²) in [5.41, 5.74) is 1.46. The molecule has 2 aromatic rings. The molecule has 1 N–H and O–H groups in total. The fraction of sp³-hybridized carbons (Fsp3) is 0.391. The Morgan fingerprint density at radius 1 is 1.10 bits per heavy atom. The molecule has 2 amide bonds. The lowest BCUT2D eigenvalue weighted by atomic mass is 10.2. The number of ether oxygens (including phenoxy) is 3. The third-order valence-electron chi connectivity index (χ3n) is 4.75. The van der Waals surface area contributed by atoms with Crippen LogP contribution in [0.5, 0.6) is 11.5 Å². The van der Waals surface area contributed by atoms with Gasteiger partial charge in [-0.05, 0) is 11.5 Å². The van der Waals surface area contributed by atoms with E-state index < -0.39 is 12.0 Å². The number of thioether (sulfide) groups is 1. The average molecular weight is 445 g/mol. The number of nitrogens with zero attached hydrogens (tertiary/aromatic N) is 1. The fourth-order valence-corrected chi connectivity index (χ4v) is 4.64. The molecule has 0 aromatic heterocycles. The van der Waals surface area contributed by atoms with Gasteiger partial charge in [-0.2, -0.15) is 0 Å². The number of benzene rings is 2. The van der Waals surface area contributed by atoms with E-state index >= 15 is 0 Å². The largest absolute Gasteiger partial charge is 0.497 e. The third kappa shape index (κ3) is 5.64. The van der Waals surface area contributed by atoms with Gasteiger partial charge in [0.15, 0.2) is 0 Å². The number of urea groups is 1. The zero-order valence-electron chi connectivity index (χ0n) is 18.2. The normalized spacial score (nSPS) is 18.0. The van der Waals surface area contributed by atoms with Crippen molar-refractivity contribution in [1.82, 2.24) is 4.90 Å². The summed E-state index contributed by atoms with van der Waals surface area (Å²) in [5, 5.41) is 2.59. The molecule has 1 aliphatic heterocycles. The van der Waals surface area contributed by atoms with Crippen LogP contribution in [0, 0.1) is 5.92 Å². The maximum Gasteiger partial charge on any atom is 0.329 e. The van der Waals surface area contributed by atoms with Crippen LogP contribution in [0.1, 0.15) is 24.8 Å². The number of esters is 1. The van der Waals surface area contributed by atoms with Gasteiger partial charge in [-0.15, -0.1) is 11.8 Å². The molecule has 166 valence electrons. The Morgan fingerprint density at radius 3 is 2.32 bits per heavy atom. The first kappa shape index (κ1) is 22.8. The summed E-state index contributed by atoms with van der Waals surface area (Å²) >= 11 is 1.54. The van der Waals surface area contributed by atoms with Crippen molar-refractivity contribution in [2.24, 2.45) is 5.92 Å². The molecule has 3 rings (SSSR count). The molecular formula is C23H28N2O5S. The van der Waals surface area contributed by atoms with Crippen molar-refractivity contribution in [3.8, 4) is 11.5 Å². The molecule has 7 nitrogen and oxygen atoms in total. The zero-order chi connectivity index (χ0) is 22.4. The molecule has 0 saturated carbocycles. The van der Waals surface area contributed by atoms with Crippen molar-refractivity contribution in [2.45, 2.75) is 25.3 Å². The quantitative estimate of drug-likeness (QED) is 0.632. The number of carbonyl (C=O) groups is 2. The maximum atomic E-state index is 13.4. The number of rotatable bonds is 7. The zero-order valence-corrected chi connectivity index (χ0v) is 19.0. The number of anilines is 1. The van der Waals surface area contributed by atoms with E-state index in [0.29, 0.717) is 29.5 Å². The SMILES string of the molecule is COc1cc(NC(=O)N2C(C(=O)OCC(C)C)CSC2c2ccccc2)cc(OC)c1. The summed E-state index contributed by atoms with van der Waals surface area (Å²) in [4.78, 5) is 27.7. The molecule has 0 bridgehead atoms. The lowest BCUT2D eigenvalue weighted by molar-refractivity contribution is -0.149. The van der Waals surface area contributed by atoms with Gasteiger partial charge in [0, 0.05) is 29.6 Å². The fourth-order valence-electron chi connectivity index (χ4n) is 3.22. The third-order valence-corrected chi connectivity index (χ3v) is 6.08. The number of carbonyl (C=O) groups excluding carboxylic acids is 2. The Hall–Kier alpha value is -2.87. The van der Waals surface area contributed by atoms with E-state index in [4.69, 9.17) is 14.2 Å². The number of hydrogen-bond acceptors (Lipinski definition) is 6. The van der Waals surface area contributed by atoms with Gasteiger partial charge in [-0.25, -0.2) is 9.59 Å². The summed E-state index contributed by atoms with van der Waals surface area (Å²) in [6, 6.07) is 13.7. The summed E-state index contributed by atoms with van der Waals surface area (Å²) in [5.74, 6) is 1.40. The second kappa shape index (κ2) is 10.4. The Bertz CT molecular complexity index is 884. The van der Waals surface area contributed by atoms with Gasteiger partial charge in [0.25, 0.3) is 0 Å². The number of methoxy groups -OCH3 is 2. The van der Waals surface area contributed by atoms with Crippen LogP contribution in [0.2, 0.25) is 0 Å². The molecule has 0 aliphatic carbocycles.